The van der Waals surface area contributed by atoms with Crippen LogP contribution in [0.4, 0.5) is 11.4 Å². The predicted octanol–water partition coefficient (Wildman–Crippen LogP) is 7.94. The summed E-state index contributed by atoms with van der Waals surface area (Å²) in [6.07, 6.45) is 2.27. The molecule has 0 heterocycles. The van der Waals surface area contributed by atoms with Gasteiger partial charge in [0.2, 0.25) is 0 Å². The van der Waals surface area contributed by atoms with Gasteiger partial charge in [0.1, 0.15) is 0 Å². The van der Waals surface area contributed by atoms with Gasteiger partial charge in [0.05, 0.1) is 0 Å². The molecule has 0 aromatic heterocycles. The summed E-state index contributed by atoms with van der Waals surface area (Å²) in [4.78, 5) is 0. The maximum atomic E-state index is 3.51. The summed E-state index contributed by atoms with van der Waals surface area (Å²) in [5, 5.41) is 3.51. The molecule has 0 spiro atoms. The number of aryl methyl sites for hydroxylation is 3. The standard InChI is InChI=1S/C29H27N/c1-21-13-16-26(19-23(21)3)28(25-10-5-4-6-11-25)20-24-14-17-27(18-15-24)30-29-12-8-7-9-22(29)2/h4-20,30H,1-3H3. The first-order valence-electron chi connectivity index (χ1n) is 10.4. The van der Waals surface area contributed by atoms with Gasteiger partial charge >= 0.3 is 0 Å². The van der Waals surface area contributed by atoms with E-state index in [2.05, 4.69) is 129 Å². The highest BCUT2D eigenvalue weighted by atomic mass is 14.9. The summed E-state index contributed by atoms with van der Waals surface area (Å²) < 4.78 is 0. The summed E-state index contributed by atoms with van der Waals surface area (Å²) in [6, 6.07) is 34.3. The van der Waals surface area contributed by atoms with E-state index in [9.17, 15) is 0 Å². The third-order valence-corrected chi connectivity index (χ3v) is 5.55. The summed E-state index contributed by atoms with van der Waals surface area (Å²) in [7, 11) is 0. The van der Waals surface area contributed by atoms with Crippen molar-refractivity contribution in [2.24, 2.45) is 0 Å². The zero-order valence-corrected chi connectivity index (χ0v) is 17.8. The maximum absolute atomic E-state index is 3.51. The van der Waals surface area contributed by atoms with Gasteiger partial charge in [0.15, 0.2) is 0 Å². The van der Waals surface area contributed by atoms with Crippen LogP contribution in [0.2, 0.25) is 0 Å². The van der Waals surface area contributed by atoms with Crippen molar-refractivity contribution < 1.29 is 0 Å². The first-order chi connectivity index (χ1) is 14.6. The van der Waals surface area contributed by atoms with E-state index in [4.69, 9.17) is 0 Å². The second-order valence-electron chi connectivity index (χ2n) is 7.79. The molecular weight excluding hydrogens is 362 g/mol. The van der Waals surface area contributed by atoms with Gasteiger partial charge in [-0.25, -0.2) is 0 Å². The van der Waals surface area contributed by atoms with Crippen LogP contribution in [0.15, 0.2) is 97.1 Å². The number of hydrogen-bond donors (Lipinski definition) is 1. The van der Waals surface area contributed by atoms with Crippen LogP contribution in [-0.2, 0) is 0 Å². The number of rotatable bonds is 5. The van der Waals surface area contributed by atoms with Crippen LogP contribution in [0, 0.1) is 20.8 Å². The molecule has 0 atom stereocenters. The number of anilines is 2. The highest BCUT2D eigenvalue weighted by molar-refractivity contribution is 5.91. The fourth-order valence-corrected chi connectivity index (χ4v) is 3.56. The SMILES string of the molecule is Cc1ccc(C(=Cc2ccc(Nc3ccccc3C)cc2)c2ccccc2)cc1C. The number of hydrogen-bond acceptors (Lipinski definition) is 1. The van der Waals surface area contributed by atoms with Crippen molar-refractivity contribution in [2.75, 3.05) is 5.32 Å². The van der Waals surface area contributed by atoms with Gasteiger partial charge < -0.3 is 5.32 Å². The molecule has 0 bridgehead atoms. The average molecular weight is 390 g/mol. The van der Waals surface area contributed by atoms with E-state index >= 15 is 0 Å². The van der Waals surface area contributed by atoms with Gasteiger partial charge in [-0.2, -0.15) is 0 Å². The van der Waals surface area contributed by atoms with Gasteiger partial charge in [-0.15, -0.1) is 0 Å². The van der Waals surface area contributed by atoms with Crippen molar-refractivity contribution in [3.05, 3.63) is 130 Å². The minimum absolute atomic E-state index is 1.09. The lowest BCUT2D eigenvalue weighted by atomic mass is 9.93. The summed E-state index contributed by atoms with van der Waals surface area (Å²) in [5.74, 6) is 0. The smallest absolute Gasteiger partial charge is 0.0413 e. The molecule has 0 saturated heterocycles. The molecule has 0 aliphatic carbocycles. The molecule has 1 heteroatoms. The van der Waals surface area contributed by atoms with Crippen LogP contribution in [0.1, 0.15) is 33.4 Å². The first-order valence-corrected chi connectivity index (χ1v) is 10.4. The molecular formula is C29H27N. The van der Waals surface area contributed by atoms with E-state index in [0.29, 0.717) is 0 Å². The molecule has 0 aliphatic heterocycles. The van der Waals surface area contributed by atoms with Gasteiger partial charge in [-0.05, 0) is 84.0 Å². The number of para-hydroxylation sites is 1. The highest BCUT2D eigenvalue weighted by Gasteiger charge is 2.07. The molecule has 1 nitrogen and oxygen atoms in total. The van der Waals surface area contributed by atoms with Crippen molar-refractivity contribution in [1.82, 2.24) is 0 Å². The fraction of sp³-hybridized carbons (Fsp3) is 0.103. The molecule has 148 valence electrons. The van der Waals surface area contributed by atoms with Crippen LogP contribution in [0.25, 0.3) is 11.6 Å². The second kappa shape index (κ2) is 8.84. The molecule has 0 aliphatic rings. The van der Waals surface area contributed by atoms with E-state index in [-0.39, 0.29) is 0 Å². The second-order valence-corrected chi connectivity index (χ2v) is 7.79. The Balaban J connectivity index is 1.68. The molecule has 30 heavy (non-hydrogen) atoms. The van der Waals surface area contributed by atoms with E-state index in [1.165, 1.54) is 39.0 Å². The topological polar surface area (TPSA) is 12.0 Å². The zero-order chi connectivity index (χ0) is 20.9. The first kappa shape index (κ1) is 19.7. The number of nitrogens with one attached hydrogen (secondary N) is 1. The Morgan fingerprint density at radius 2 is 1.30 bits per heavy atom. The average Bonchev–Trinajstić information content (AvgIpc) is 2.77. The predicted molar refractivity (Wildman–Crippen MR) is 130 cm³/mol. The molecule has 0 fully saturated rings. The fourth-order valence-electron chi connectivity index (χ4n) is 3.56. The minimum atomic E-state index is 1.09. The Labute approximate surface area is 179 Å². The van der Waals surface area contributed by atoms with Crippen LogP contribution in [0.5, 0.6) is 0 Å². The third-order valence-electron chi connectivity index (χ3n) is 5.55. The van der Waals surface area contributed by atoms with Crippen LogP contribution in [0.3, 0.4) is 0 Å². The zero-order valence-electron chi connectivity index (χ0n) is 17.8. The quantitative estimate of drug-likeness (QED) is 0.342. The van der Waals surface area contributed by atoms with E-state index in [1.807, 2.05) is 0 Å². The van der Waals surface area contributed by atoms with Crippen molar-refractivity contribution in [3.63, 3.8) is 0 Å². The van der Waals surface area contributed by atoms with E-state index in [0.717, 1.165) is 11.4 Å². The maximum Gasteiger partial charge on any atom is 0.0413 e. The van der Waals surface area contributed by atoms with Gasteiger partial charge in [0.25, 0.3) is 0 Å². The Kier molecular flexibility index (Phi) is 5.81. The molecule has 1 N–H and O–H groups in total. The molecule has 0 unspecified atom stereocenters. The Morgan fingerprint density at radius 1 is 0.600 bits per heavy atom. The Hall–Kier alpha value is -3.58. The van der Waals surface area contributed by atoms with Crippen molar-refractivity contribution in [3.8, 4) is 0 Å². The van der Waals surface area contributed by atoms with Crippen molar-refractivity contribution >= 4 is 23.0 Å². The molecule has 4 rings (SSSR count). The van der Waals surface area contributed by atoms with E-state index in [1.54, 1.807) is 0 Å². The summed E-state index contributed by atoms with van der Waals surface area (Å²) in [5.41, 5.74) is 11.0. The van der Waals surface area contributed by atoms with E-state index < -0.39 is 0 Å². The Bertz CT molecular complexity index is 1170. The van der Waals surface area contributed by atoms with Crippen LogP contribution >= 0.6 is 0 Å². The van der Waals surface area contributed by atoms with Crippen molar-refractivity contribution in [1.29, 1.82) is 0 Å². The highest BCUT2D eigenvalue weighted by Crippen LogP contribution is 2.28. The van der Waals surface area contributed by atoms with Crippen molar-refractivity contribution in [2.45, 2.75) is 20.8 Å². The van der Waals surface area contributed by atoms with Crippen LogP contribution < -0.4 is 5.32 Å². The molecule has 0 saturated carbocycles. The van der Waals surface area contributed by atoms with Gasteiger partial charge in [-0.1, -0.05) is 78.9 Å². The van der Waals surface area contributed by atoms with Gasteiger partial charge in [-0.3, -0.25) is 0 Å². The van der Waals surface area contributed by atoms with Gasteiger partial charge in [0, 0.05) is 11.4 Å². The molecule has 0 amide bonds. The third kappa shape index (κ3) is 4.52. The summed E-state index contributed by atoms with van der Waals surface area (Å²) in [6.45, 7) is 6.45. The van der Waals surface area contributed by atoms with Crippen LogP contribution in [-0.4, -0.2) is 0 Å². The lowest BCUT2D eigenvalue weighted by molar-refractivity contribution is 1.33. The molecule has 4 aromatic rings. The lowest BCUT2D eigenvalue weighted by Gasteiger charge is -2.12. The summed E-state index contributed by atoms with van der Waals surface area (Å²) >= 11 is 0. The Morgan fingerprint density at radius 3 is 2.00 bits per heavy atom. The number of benzene rings is 4. The normalized spacial score (nSPS) is 11.4. The molecule has 4 aromatic carbocycles. The monoisotopic (exact) mass is 389 g/mol. The lowest BCUT2D eigenvalue weighted by Crippen LogP contribution is -1.93. The molecule has 0 radical (unpaired) electrons. The minimum Gasteiger partial charge on any atom is -0.355 e. The largest absolute Gasteiger partial charge is 0.355 e.